The maximum atomic E-state index is 9.65. The highest BCUT2D eigenvalue weighted by Crippen LogP contribution is 2.47. The molecule has 0 aromatic carbocycles. The van der Waals surface area contributed by atoms with E-state index in [0.717, 1.165) is 12.8 Å². The topological polar surface area (TPSA) is 47.9 Å². The summed E-state index contributed by atoms with van der Waals surface area (Å²) in [5.41, 5.74) is 0. The first kappa shape index (κ1) is 9.09. The van der Waals surface area contributed by atoms with Crippen LogP contribution < -0.4 is 0 Å². The summed E-state index contributed by atoms with van der Waals surface area (Å²) in [5, 5.41) is 9.65. The van der Waals surface area contributed by atoms with Crippen LogP contribution in [0.15, 0.2) is 0 Å². The molecule has 3 rings (SSSR count). The van der Waals surface area contributed by atoms with Crippen LogP contribution in [-0.2, 0) is 14.2 Å². The van der Waals surface area contributed by atoms with Gasteiger partial charge in [-0.1, -0.05) is 0 Å². The summed E-state index contributed by atoms with van der Waals surface area (Å²) < 4.78 is 17.0. The zero-order chi connectivity index (χ0) is 9.92. The lowest BCUT2D eigenvalue weighted by molar-refractivity contribution is -0.215. The molecule has 2 heterocycles. The van der Waals surface area contributed by atoms with E-state index in [0.29, 0.717) is 5.92 Å². The van der Waals surface area contributed by atoms with Crippen molar-refractivity contribution < 1.29 is 19.3 Å². The van der Waals surface area contributed by atoms with Gasteiger partial charge in [-0.25, -0.2) is 0 Å². The Hall–Kier alpha value is -0.160. The van der Waals surface area contributed by atoms with Gasteiger partial charge in [0.2, 0.25) is 0 Å². The molecule has 80 valence electrons. The molecule has 0 aromatic rings. The van der Waals surface area contributed by atoms with Crippen LogP contribution in [0.3, 0.4) is 0 Å². The van der Waals surface area contributed by atoms with Gasteiger partial charge >= 0.3 is 0 Å². The van der Waals surface area contributed by atoms with Crippen LogP contribution in [-0.4, -0.2) is 35.5 Å². The van der Waals surface area contributed by atoms with Gasteiger partial charge in [-0.3, -0.25) is 0 Å². The first-order chi connectivity index (χ1) is 6.57. The summed E-state index contributed by atoms with van der Waals surface area (Å²) in [6, 6.07) is 0. The zero-order valence-corrected chi connectivity index (χ0v) is 8.47. The lowest BCUT2D eigenvalue weighted by Crippen LogP contribution is -2.30. The second kappa shape index (κ2) is 2.70. The lowest BCUT2D eigenvalue weighted by Gasteiger charge is -2.22. The molecule has 2 saturated heterocycles. The molecule has 4 nitrogen and oxygen atoms in total. The quantitative estimate of drug-likeness (QED) is 0.623. The molecule has 0 amide bonds. The molecule has 3 aliphatic rings. The largest absolute Gasteiger partial charge is 0.390 e. The van der Waals surface area contributed by atoms with Crippen molar-refractivity contribution in [3.8, 4) is 0 Å². The predicted octanol–water partition coefficient (Wildman–Crippen LogP) is 0.634. The van der Waals surface area contributed by atoms with Crippen LogP contribution in [0.1, 0.15) is 26.7 Å². The number of ether oxygens (including phenoxy) is 3. The molecule has 3 fully saturated rings. The maximum absolute atomic E-state index is 9.65. The standard InChI is InChI=1S/C10H16O4/c1-10(2)13-8-5-3-4-6(11)7(5)12-9(8)14-10/h5-9,11H,3-4H2,1-2H3/t5-,6-,7-,8-,9-/m1/s1. The fourth-order valence-electron chi connectivity index (χ4n) is 2.83. The van der Waals surface area contributed by atoms with Crippen molar-refractivity contribution in [2.75, 3.05) is 0 Å². The van der Waals surface area contributed by atoms with Gasteiger partial charge in [0.05, 0.1) is 12.2 Å². The predicted molar refractivity (Wildman–Crippen MR) is 47.4 cm³/mol. The minimum atomic E-state index is -0.534. The Morgan fingerprint density at radius 1 is 1.14 bits per heavy atom. The van der Waals surface area contributed by atoms with E-state index < -0.39 is 5.79 Å². The highest BCUT2D eigenvalue weighted by Gasteiger charge is 2.58. The third-order valence-electron chi connectivity index (χ3n) is 3.40. The van der Waals surface area contributed by atoms with E-state index in [1.165, 1.54) is 0 Å². The molecule has 2 aliphatic heterocycles. The molecule has 0 radical (unpaired) electrons. The van der Waals surface area contributed by atoms with Crippen LogP contribution in [0.4, 0.5) is 0 Å². The Bertz CT molecular complexity index is 253. The summed E-state index contributed by atoms with van der Waals surface area (Å²) in [4.78, 5) is 0. The Labute approximate surface area is 83.1 Å². The molecule has 0 aromatic heterocycles. The smallest absolute Gasteiger partial charge is 0.187 e. The van der Waals surface area contributed by atoms with Crippen LogP contribution in [0, 0.1) is 5.92 Å². The summed E-state index contributed by atoms with van der Waals surface area (Å²) in [6.45, 7) is 3.80. The summed E-state index contributed by atoms with van der Waals surface area (Å²) in [7, 11) is 0. The van der Waals surface area contributed by atoms with Crippen molar-refractivity contribution >= 4 is 0 Å². The average Bonchev–Trinajstić information content (AvgIpc) is 2.63. The Balaban J connectivity index is 1.80. The van der Waals surface area contributed by atoms with Gasteiger partial charge in [0.1, 0.15) is 6.10 Å². The first-order valence-corrected chi connectivity index (χ1v) is 5.26. The SMILES string of the molecule is CC1(C)O[C@H]2O[C@@H]3[C@@H](CC[C@H]3O)[C@H]2O1. The van der Waals surface area contributed by atoms with E-state index in [4.69, 9.17) is 14.2 Å². The minimum absolute atomic E-state index is 0.0205. The van der Waals surface area contributed by atoms with Crippen molar-refractivity contribution in [2.45, 2.75) is 57.1 Å². The summed E-state index contributed by atoms with van der Waals surface area (Å²) in [6.07, 6.45) is 1.15. The normalized spacial score (nSPS) is 54.6. The minimum Gasteiger partial charge on any atom is -0.390 e. The summed E-state index contributed by atoms with van der Waals surface area (Å²) in [5.74, 6) is -0.217. The molecular formula is C10H16O4. The fraction of sp³-hybridized carbons (Fsp3) is 1.00. The molecular weight excluding hydrogens is 184 g/mol. The third-order valence-corrected chi connectivity index (χ3v) is 3.40. The van der Waals surface area contributed by atoms with E-state index >= 15 is 0 Å². The number of aliphatic hydroxyl groups excluding tert-OH is 1. The molecule has 1 saturated carbocycles. The Morgan fingerprint density at radius 3 is 2.71 bits per heavy atom. The summed E-state index contributed by atoms with van der Waals surface area (Å²) >= 11 is 0. The van der Waals surface area contributed by atoms with Gasteiger partial charge in [0.25, 0.3) is 0 Å². The van der Waals surface area contributed by atoms with E-state index in [9.17, 15) is 5.11 Å². The van der Waals surface area contributed by atoms with Gasteiger partial charge in [-0.15, -0.1) is 0 Å². The molecule has 1 N–H and O–H groups in total. The molecule has 4 heteroatoms. The monoisotopic (exact) mass is 200 g/mol. The molecule has 5 atom stereocenters. The fourth-order valence-corrected chi connectivity index (χ4v) is 2.83. The number of fused-ring (bicyclic) bond motifs is 3. The Kier molecular flexibility index (Phi) is 1.75. The van der Waals surface area contributed by atoms with Crippen molar-refractivity contribution in [1.29, 1.82) is 0 Å². The van der Waals surface area contributed by atoms with Crippen LogP contribution >= 0.6 is 0 Å². The van der Waals surface area contributed by atoms with Crippen molar-refractivity contribution in [1.82, 2.24) is 0 Å². The average molecular weight is 200 g/mol. The number of aliphatic hydroxyl groups is 1. The number of rotatable bonds is 0. The molecule has 0 unspecified atom stereocenters. The van der Waals surface area contributed by atoms with Gasteiger partial charge in [0.15, 0.2) is 12.1 Å². The molecule has 0 spiro atoms. The van der Waals surface area contributed by atoms with Crippen molar-refractivity contribution in [3.05, 3.63) is 0 Å². The van der Waals surface area contributed by atoms with E-state index in [2.05, 4.69) is 0 Å². The highest BCUT2D eigenvalue weighted by molar-refractivity contribution is 4.99. The third kappa shape index (κ3) is 1.15. The van der Waals surface area contributed by atoms with Gasteiger partial charge in [-0.05, 0) is 26.7 Å². The zero-order valence-electron chi connectivity index (χ0n) is 8.47. The highest BCUT2D eigenvalue weighted by atomic mass is 16.8. The first-order valence-electron chi connectivity index (χ1n) is 5.26. The number of hydrogen-bond donors (Lipinski definition) is 1. The number of hydrogen-bond acceptors (Lipinski definition) is 4. The molecule has 0 bridgehead atoms. The Morgan fingerprint density at radius 2 is 1.93 bits per heavy atom. The second-order valence-electron chi connectivity index (χ2n) is 4.88. The second-order valence-corrected chi connectivity index (χ2v) is 4.88. The van der Waals surface area contributed by atoms with Gasteiger partial charge in [0, 0.05) is 5.92 Å². The maximum Gasteiger partial charge on any atom is 0.187 e. The van der Waals surface area contributed by atoms with E-state index in [-0.39, 0.29) is 24.6 Å². The van der Waals surface area contributed by atoms with Crippen LogP contribution in [0.25, 0.3) is 0 Å². The van der Waals surface area contributed by atoms with Gasteiger partial charge < -0.3 is 19.3 Å². The van der Waals surface area contributed by atoms with Gasteiger partial charge in [-0.2, -0.15) is 0 Å². The van der Waals surface area contributed by atoms with Crippen LogP contribution in [0.5, 0.6) is 0 Å². The van der Waals surface area contributed by atoms with Crippen LogP contribution in [0.2, 0.25) is 0 Å². The van der Waals surface area contributed by atoms with Crippen molar-refractivity contribution in [3.63, 3.8) is 0 Å². The van der Waals surface area contributed by atoms with E-state index in [1.54, 1.807) is 0 Å². The molecule has 1 aliphatic carbocycles. The van der Waals surface area contributed by atoms with Crippen molar-refractivity contribution in [2.24, 2.45) is 5.92 Å². The van der Waals surface area contributed by atoms with E-state index in [1.807, 2.05) is 13.8 Å². The molecule has 14 heavy (non-hydrogen) atoms. The lowest BCUT2D eigenvalue weighted by atomic mass is 10.0.